The van der Waals surface area contributed by atoms with E-state index >= 15 is 0 Å². The van der Waals surface area contributed by atoms with E-state index in [4.69, 9.17) is 5.73 Å². The molecule has 0 radical (unpaired) electrons. The fraction of sp³-hybridized carbons (Fsp3) is 0.222. The van der Waals surface area contributed by atoms with Crippen molar-refractivity contribution in [3.05, 3.63) is 27.7 Å². The number of hydrogen-bond donors (Lipinski definition) is 1. The maximum absolute atomic E-state index is 5.58. The molecular weight excluding hydrogens is 262 g/mol. The lowest BCUT2D eigenvalue weighted by molar-refractivity contribution is 0.750. The summed E-state index contributed by atoms with van der Waals surface area (Å²) in [6.45, 7) is 0.458. The van der Waals surface area contributed by atoms with E-state index in [1.54, 1.807) is 11.3 Å². The van der Waals surface area contributed by atoms with Crippen molar-refractivity contribution in [1.82, 2.24) is 9.78 Å². The second kappa shape index (κ2) is 3.84. The molecule has 14 heavy (non-hydrogen) atoms. The van der Waals surface area contributed by atoms with Crippen molar-refractivity contribution in [3.8, 4) is 10.6 Å². The third kappa shape index (κ3) is 1.51. The molecule has 0 aliphatic rings. The smallest absolute Gasteiger partial charge is 0.0924 e. The van der Waals surface area contributed by atoms with E-state index in [-0.39, 0.29) is 0 Å². The van der Waals surface area contributed by atoms with Crippen LogP contribution >= 0.6 is 27.3 Å². The van der Waals surface area contributed by atoms with E-state index in [0.29, 0.717) is 6.54 Å². The standard InChI is InChI=1S/C9H10BrN3S/c1-13-9(7-3-2-4-14-7)8(10)6(5-11)12-13/h2-4H,5,11H2,1H3. The molecule has 0 bridgehead atoms. The van der Waals surface area contributed by atoms with Crippen molar-refractivity contribution < 1.29 is 0 Å². The summed E-state index contributed by atoms with van der Waals surface area (Å²) in [6, 6.07) is 4.11. The zero-order chi connectivity index (χ0) is 10.1. The van der Waals surface area contributed by atoms with Gasteiger partial charge in [0.2, 0.25) is 0 Å². The van der Waals surface area contributed by atoms with Gasteiger partial charge < -0.3 is 5.73 Å². The Morgan fingerprint density at radius 3 is 2.93 bits per heavy atom. The fourth-order valence-electron chi connectivity index (χ4n) is 1.37. The highest BCUT2D eigenvalue weighted by Crippen LogP contribution is 2.33. The predicted molar refractivity (Wildman–Crippen MR) is 62.1 cm³/mol. The molecule has 2 heterocycles. The Balaban J connectivity index is 2.58. The first-order valence-electron chi connectivity index (χ1n) is 4.19. The van der Waals surface area contributed by atoms with Crippen LogP contribution in [0, 0.1) is 0 Å². The van der Waals surface area contributed by atoms with Crippen LogP contribution in [0.15, 0.2) is 22.0 Å². The minimum atomic E-state index is 0.458. The molecule has 5 heteroatoms. The number of aryl methyl sites for hydroxylation is 1. The molecule has 3 nitrogen and oxygen atoms in total. The molecule has 0 aliphatic heterocycles. The van der Waals surface area contributed by atoms with Gasteiger partial charge in [-0.05, 0) is 27.4 Å². The van der Waals surface area contributed by atoms with Gasteiger partial charge in [-0.3, -0.25) is 4.68 Å². The van der Waals surface area contributed by atoms with E-state index in [1.165, 1.54) is 4.88 Å². The fourth-order valence-corrected chi connectivity index (χ4v) is 3.01. The quantitative estimate of drug-likeness (QED) is 0.912. The summed E-state index contributed by atoms with van der Waals surface area (Å²) in [5, 5.41) is 6.39. The Labute approximate surface area is 94.7 Å². The number of thiophene rings is 1. The third-order valence-electron chi connectivity index (χ3n) is 2.00. The van der Waals surface area contributed by atoms with Gasteiger partial charge >= 0.3 is 0 Å². The first-order chi connectivity index (χ1) is 6.74. The SMILES string of the molecule is Cn1nc(CN)c(Br)c1-c1cccs1. The molecule has 0 saturated heterocycles. The first-order valence-corrected chi connectivity index (χ1v) is 5.86. The van der Waals surface area contributed by atoms with Crippen LogP contribution in [0.4, 0.5) is 0 Å². The van der Waals surface area contributed by atoms with Crippen LogP contribution in [0.25, 0.3) is 10.6 Å². The molecule has 2 rings (SSSR count). The second-order valence-electron chi connectivity index (χ2n) is 2.91. The van der Waals surface area contributed by atoms with Gasteiger partial charge in [0.25, 0.3) is 0 Å². The van der Waals surface area contributed by atoms with Crippen LogP contribution in [-0.4, -0.2) is 9.78 Å². The van der Waals surface area contributed by atoms with Crippen LogP contribution in [-0.2, 0) is 13.6 Å². The largest absolute Gasteiger partial charge is 0.325 e. The molecule has 0 fully saturated rings. The summed E-state index contributed by atoms with van der Waals surface area (Å²) in [5.74, 6) is 0. The van der Waals surface area contributed by atoms with Crippen molar-refractivity contribution in [2.75, 3.05) is 0 Å². The maximum atomic E-state index is 5.58. The molecule has 0 aromatic carbocycles. The number of nitrogens with two attached hydrogens (primary N) is 1. The highest BCUT2D eigenvalue weighted by molar-refractivity contribution is 9.10. The first kappa shape index (κ1) is 9.89. The molecule has 0 amide bonds. The Kier molecular flexibility index (Phi) is 2.71. The number of hydrogen-bond acceptors (Lipinski definition) is 3. The summed E-state index contributed by atoms with van der Waals surface area (Å²) in [5.41, 5.74) is 7.58. The highest BCUT2D eigenvalue weighted by atomic mass is 79.9. The van der Waals surface area contributed by atoms with Gasteiger partial charge in [-0.15, -0.1) is 11.3 Å². The zero-order valence-electron chi connectivity index (χ0n) is 7.70. The molecular formula is C9H10BrN3S. The highest BCUT2D eigenvalue weighted by Gasteiger charge is 2.14. The van der Waals surface area contributed by atoms with Gasteiger partial charge in [-0.2, -0.15) is 5.10 Å². The van der Waals surface area contributed by atoms with Gasteiger partial charge in [-0.1, -0.05) is 6.07 Å². The van der Waals surface area contributed by atoms with Crippen LogP contribution in [0.1, 0.15) is 5.69 Å². The molecule has 0 aliphatic carbocycles. The molecule has 74 valence electrons. The van der Waals surface area contributed by atoms with Crippen LogP contribution in [0.5, 0.6) is 0 Å². The minimum Gasteiger partial charge on any atom is -0.325 e. The van der Waals surface area contributed by atoms with Gasteiger partial charge in [0.1, 0.15) is 0 Å². The van der Waals surface area contributed by atoms with Crippen molar-refractivity contribution in [1.29, 1.82) is 0 Å². The lowest BCUT2D eigenvalue weighted by Crippen LogP contribution is -1.99. The van der Waals surface area contributed by atoms with Gasteiger partial charge in [0.15, 0.2) is 0 Å². The normalized spacial score (nSPS) is 10.8. The molecule has 2 aromatic heterocycles. The average molecular weight is 272 g/mol. The summed E-state index contributed by atoms with van der Waals surface area (Å²) in [6.07, 6.45) is 0. The minimum absolute atomic E-state index is 0.458. The summed E-state index contributed by atoms with van der Waals surface area (Å²) in [7, 11) is 1.93. The number of nitrogens with zero attached hydrogens (tertiary/aromatic N) is 2. The topological polar surface area (TPSA) is 43.8 Å². The monoisotopic (exact) mass is 271 g/mol. The molecule has 2 N–H and O–H groups in total. The van der Waals surface area contributed by atoms with Crippen LogP contribution in [0.2, 0.25) is 0 Å². The summed E-state index contributed by atoms with van der Waals surface area (Å²) in [4.78, 5) is 1.20. The van der Waals surface area contributed by atoms with Crippen LogP contribution < -0.4 is 5.73 Å². The van der Waals surface area contributed by atoms with Crippen molar-refractivity contribution in [2.45, 2.75) is 6.54 Å². The van der Waals surface area contributed by atoms with E-state index in [9.17, 15) is 0 Å². The third-order valence-corrected chi connectivity index (χ3v) is 3.71. The van der Waals surface area contributed by atoms with E-state index in [2.05, 4.69) is 32.5 Å². The Morgan fingerprint density at radius 2 is 2.43 bits per heavy atom. The van der Waals surface area contributed by atoms with Crippen LogP contribution in [0.3, 0.4) is 0 Å². The van der Waals surface area contributed by atoms with E-state index in [0.717, 1.165) is 15.9 Å². The molecule has 0 saturated carbocycles. The van der Waals surface area contributed by atoms with Crippen molar-refractivity contribution >= 4 is 27.3 Å². The van der Waals surface area contributed by atoms with Gasteiger partial charge in [0, 0.05) is 13.6 Å². The second-order valence-corrected chi connectivity index (χ2v) is 4.66. The summed E-state index contributed by atoms with van der Waals surface area (Å²) < 4.78 is 2.86. The molecule has 0 atom stereocenters. The molecule has 0 unspecified atom stereocenters. The van der Waals surface area contributed by atoms with E-state index in [1.807, 2.05) is 17.8 Å². The Morgan fingerprint density at radius 1 is 1.64 bits per heavy atom. The number of rotatable bonds is 2. The number of aromatic nitrogens is 2. The Hall–Kier alpha value is -0.650. The average Bonchev–Trinajstić information content (AvgIpc) is 2.74. The lowest BCUT2D eigenvalue weighted by Gasteiger charge is -1.97. The molecule has 0 spiro atoms. The lowest BCUT2D eigenvalue weighted by atomic mass is 10.3. The van der Waals surface area contributed by atoms with Gasteiger partial charge in [-0.25, -0.2) is 0 Å². The predicted octanol–water partition coefficient (Wildman–Crippen LogP) is 2.37. The number of halogens is 1. The molecule has 2 aromatic rings. The van der Waals surface area contributed by atoms with E-state index < -0.39 is 0 Å². The van der Waals surface area contributed by atoms with Gasteiger partial charge in [0.05, 0.1) is 20.7 Å². The maximum Gasteiger partial charge on any atom is 0.0924 e. The van der Waals surface area contributed by atoms with Crippen molar-refractivity contribution in [2.24, 2.45) is 12.8 Å². The van der Waals surface area contributed by atoms with Crippen molar-refractivity contribution in [3.63, 3.8) is 0 Å². The zero-order valence-corrected chi connectivity index (χ0v) is 10.1. The summed E-state index contributed by atoms with van der Waals surface area (Å²) >= 11 is 5.22. The Bertz CT molecular complexity index is 433.